The van der Waals surface area contributed by atoms with Crippen LogP contribution in [0.3, 0.4) is 0 Å². The van der Waals surface area contributed by atoms with E-state index in [1.807, 2.05) is 0 Å². The predicted molar refractivity (Wildman–Crippen MR) is 50.3 cm³/mol. The number of aromatic nitrogens is 1. The zero-order valence-corrected chi connectivity index (χ0v) is 7.94. The lowest BCUT2D eigenvalue weighted by Gasteiger charge is -2.05. The maximum atomic E-state index is 12.9. The molecule has 15 heavy (non-hydrogen) atoms. The average Bonchev–Trinajstić information content (AvgIpc) is 2.20. The number of ether oxygens (including phenoxy) is 1. The van der Waals surface area contributed by atoms with Crippen molar-refractivity contribution in [3.05, 3.63) is 24.3 Å². The number of hydrogen-bond acceptors (Lipinski definition) is 3. The van der Waals surface area contributed by atoms with Crippen molar-refractivity contribution in [2.45, 2.75) is 6.42 Å². The molecule has 5 nitrogen and oxygen atoms in total. The predicted octanol–water partition coefficient (Wildman–Crippen LogP) is 1.26. The second-order valence-electron chi connectivity index (χ2n) is 2.73. The summed E-state index contributed by atoms with van der Waals surface area (Å²) in [6, 6.07) is 3.03. The lowest BCUT2D eigenvalue weighted by molar-refractivity contribution is 0.193. The lowest BCUT2D eigenvalue weighted by atomic mass is 10.4. The van der Waals surface area contributed by atoms with E-state index in [0.717, 1.165) is 0 Å². The minimum absolute atomic E-state index is 0.0767. The number of halogens is 1. The molecule has 0 saturated heterocycles. The summed E-state index contributed by atoms with van der Waals surface area (Å²) in [6.45, 7) is 0.514. The van der Waals surface area contributed by atoms with Gasteiger partial charge in [-0.1, -0.05) is 0 Å². The summed E-state index contributed by atoms with van der Waals surface area (Å²) in [5.41, 5.74) is 0. The van der Waals surface area contributed by atoms with Crippen molar-refractivity contribution < 1.29 is 19.0 Å². The zero-order chi connectivity index (χ0) is 11.1. The standard InChI is InChI=1S/C9H11FN2O3/c10-8-7(3-1-4-11-8)15-6-2-5-12-9(13)14/h1,3-4,12H,2,5-6H2,(H,13,14)/i10-1. The van der Waals surface area contributed by atoms with Gasteiger partial charge in [0.15, 0.2) is 5.75 Å². The van der Waals surface area contributed by atoms with Gasteiger partial charge in [-0.25, -0.2) is 9.78 Å². The Labute approximate surface area is 85.9 Å². The minimum Gasteiger partial charge on any atom is -0.489 e. The van der Waals surface area contributed by atoms with Crippen LogP contribution >= 0.6 is 0 Å². The first-order valence-corrected chi connectivity index (χ1v) is 4.40. The number of nitrogens with one attached hydrogen (secondary N) is 1. The topological polar surface area (TPSA) is 71.5 Å². The van der Waals surface area contributed by atoms with Gasteiger partial charge in [0.25, 0.3) is 5.95 Å². The molecule has 1 amide bonds. The smallest absolute Gasteiger partial charge is 0.404 e. The van der Waals surface area contributed by atoms with Crippen molar-refractivity contribution in [2.75, 3.05) is 13.2 Å². The van der Waals surface area contributed by atoms with Crippen LogP contribution in [0.4, 0.5) is 9.18 Å². The van der Waals surface area contributed by atoms with E-state index >= 15 is 0 Å². The van der Waals surface area contributed by atoms with E-state index in [1.54, 1.807) is 6.07 Å². The van der Waals surface area contributed by atoms with E-state index in [0.29, 0.717) is 6.42 Å². The summed E-state index contributed by atoms with van der Waals surface area (Å²) in [5, 5.41) is 10.4. The van der Waals surface area contributed by atoms with Gasteiger partial charge in [-0.15, -0.1) is 0 Å². The quantitative estimate of drug-likeness (QED) is 0.570. The Morgan fingerprint density at radius 2 is 2.47 bits per heavy atom. The maximum absolute atomic E-state index is 12.9. The monoisotopic (exact) mass is 213 g/mol. The molecule has 82 valence electrons. The van der Waals surface area contributed by atoms with E-state index in [4.69, 9.17) is 9.84 Å². The fraction of sp³-hybridized carbons (Fsp3) is 0.333. The highest BCUT2D eigenvalue weighted by Crippen LogP contribution is 2.12. The van der Waals surface area contributed by atoms with E-state index in [-0.39, 0.29) is 18.9 Å². The number of amides is 1. The molecule has 0 saturated carbocycles. The summed E-state index contributed by atoms with van der Waals surface area (Å²) in [6.07, 6.45) is 0.719. The summed E-state index contributed by atoms with van der Waals surface area (Å²) >= 11 is 0. The first-order valence-electron chi connectivity index (χ1n) is 4.40. The van der Waals surface area contributed by atoms with Crippen molar-refractivity contribution in [1.82, 2.24) is 10.3 Å². The van der Waals surface area contributed by atoms with Gasteiger partial charge in [-0.2, -0.15) is 4.39 Å². The molecular formula is C9H11FN2O3. The minimum atomic E-state index is -1.08. The molecule has 0 atom stereocenters. The van der Waals surface area contributed by atoms with Crippen LogP contribution in [-0.2, 0) is 0 Å². The Hall–Kier alpha value is -1.85. The van der Waals surface area contributed by atoms with E-state index in [9.17, 15) is 9.18 Å². The van der Waals surface area contributed by atoms with Gasteiger partial charge in [-0.3, -0.25) is 0 Å². The number of carbonyl (C=O) groups is 1. The Bertz CT molecular complexity index is 333. The fourth-order valence-corrected chi connectivity index (χ4v) is 0.929. The van der Waals surface area contributed by atoms with Crippen LogP contribution in [0.25, 0.3) is 0 Å². The molecule has 0 aliphatic carbocycles. The Balaban J connectivity index is 2.21. The molecule has 0 radical (unpaired) electrons. The molecule has 6 heteroatoms. The second kappa shape index (κ2) is 5.79. The van der Waals surface area contributed by atoms with Crippen molar-refractivity contribution >= 4 is 6.09 Å². The largest absolute Gasteiger partial charge is 0.489 e. The molecule has 0 fully saturated rings. The van der Waals surface area contributed by atoms with Crippen molar-refractivity contribution in [1.29, 1.82) is 0 Å². The molecular weight excluding hydrogens is 202 g/mol. The normalized spacial score (nSPS) is 9.67. The van der Waals surface area contributed by atoms with Crippen LogP contribution in [0.15, 0.2) is 18.3 Å². The Kier molecular flexibility index (Phi) is 4.33. The second-order valence-corrected chi connectivity index (χ2v) is 2.73. The van der Waals surface area contributed by atoms with Crippen LogP contribution in [0.2, 0.25) is 0 Å². The summed E-state index contributed by atoms with van der Waals surface area (Å²) in [7, 11) is 0. The van der Waals surface area contributed by atoms with Crippen LogP contribution < -0.4 is 10.1 Å². The third-order valence-electron chi connectivity index (χ3n) is 1.58. The van der Waals surface area contributed by atoms with Crippen molar-refractivity contribution in [3.8, 4) is 5.75 Å². The summed E-state index contributed by atoms with van der Waals surface area (Å²) in [4.78, 5) is 13.5. The van der Waals surface area contributed by atoms with Crippen LogP contribution in [0, 0.1) is 5.95 Å². The number of carboxylic acid groups (broad SMARTS) is 1. The van der Waals surface area contributed by atoms with Gasteiger partial charge in [0.05, 0.1) is 6.61 Å². The fourth-order valence-electron chi connectivity index (χ4n) is 0.929. The highest BCUT2D eigenvalue weighted by molar-refractivity contribution is 5.64. The molecule has 1 aromatic heterocycles. The Morgan fingerprint density at radius 1 is 1.67 bits per heavy atom. The molecule has 1 heterocycles. The first-order chi connectivity index (χ1) is 7.20. The number of hydrogen-bond donors (Lipinski definition) is 2. The third-order valence-corrected chi connectivity index (χ3v) is 1.58. The van der Waals surface area contributed by atoms with Gasteiger partial charge in [0.1, 0.15) is 0 Å². The molecule has 0 aromatic carbocycles. The van der Waals surface area contributed by atoms with E-state index < -0.39 is 12.0 Å². The molecule has 1 aromatic rings. The average molecular weight is 213 g/mol. The summed E-state index contributed by atoms with van der Waals surface area (Å²) in [5.74, 6) is -0.587. The van der Waals surface area contributed by atoms with Crippen molar-refractivity contribution in [3.63, 3.8) is 0 Å². The van der Waals surface area contributed by atoms with Crippen LogP contribution in [-0.4, -0.2) is 29.3 Å². The molecule has 2 N–H and O–H groups in total. The number of nitrogens with zero attached hydrogens (tertiary/aromatic N) is 1. The van der Waals surface area contributed by atoms with Crippen LogP contribution in [0.1, 0.15) is 6.42 Å². The van der Waals surface area contributed by atoms with E-state index in [1.165, 1.54) is 12.3 Å². The van der Waals surface area contributed by atoms with Gasteiger partial charge >= 0.3 is 6.09 Å². The molecule has 1 rings (SSSR count). The van der Waals surface area contributed by atoms with Gasteiger partial charge in [-0.05, 0) is 18.6 Å². The molecule has 0 aliphatic heterocycles. The zero-order valence-electron chi connectivity index (χ0n) is 7.94. The van der Waals surface area contributed by atoms with Gasteiger partial charge in [0, 0.05) is 12.7 Å². The highest BCUT2D eigenvalue weighted by atomic mass is 18.2. The number of pyridine rings is 1. The maximum Gasteiger partial charge on any atom is 0.404 e. The molecule has 0 bridgehead atoms. The summed E-state index contributed by atoms with van der Waals surface area (Å²) < 4.78 is 17.9. The third kappa shape index (κ3) is 4.26. The van der Waals surface area contributed by atoms with Gasteiger partial charge in [0.2, 0.25) is 0 Å². The Morgan fingerprint density at radius 3 is 3.13 bits per heavy atom. The first kappa shape index (κ1) is 11.2. The van der Waals surface area contributed by atoms with Crippen LogP contribution in [0.5, 0.6) is 5.75 Å². The molecule has 0 unspecified atom stereocenters. The highest BCUT2D eigenvalue weighted by Gasteiger charge is 2.02. The van der Waals surface area contributed by atoms with Gasteiger partial charge < -0.3 is 15.2 Å². The SMILES string of the molecule is O=C(O)NCCCOc1cccnc1[18F]. The van der Waals surface area contributed by atoms with Crippen molar-refractivity contribution in [2.24, 2.45) is 0 Å². The van der Waals surface area contributed by atoms with E-state index in [2.05, 4.69) is 10.3 Å². The molecule has 0 aliphatic rings. The lowest BCUT2D eigenvalue weighted by Crippen LogP contribution is -2.23. The number of rotatable bonds is 5. The molecule has 0 spiro atoms.